The molecular weight excluding hydrogens is 212 g/mol. The minimum atomic E-state index is 0.663. The van der Waals surface area contributed by atoms with E-state index in [1.54, 1.807) is 7.11 Å². The molecule has 0 bridgehead atoms. The molecule has 0 radical (unpaired) electrons. The SMILES string of the molecule is CCCNC/C(=C/c1cccc(OC)n1)CC. The second-order valence-electron chi connectivity index (χ2n) is 3.94. The van der Waals surface area contributed by atoms with E-state index in [0.29, 0.717) is 5.88 Å². The van der Waals surface area contributed by atoms with Crippen LogP contribution in [0.25, 0.3) is 6.08 Å². The van der Waals surface area contributed by atoms with Crippen molar-refractivity contribution in [3.63, 3.8) is 0 Å². The van der Waals surface area contributed by atoms with Gasteiger partial charge in [0.1, 0.15) is 0 Å². The van der Waals surface area contributed by atoms with E-state index < -0.39 is 0 Å². The number of nitrogens with one attached hydrogen (secondary N) is 1. The van der Waals surface area contributed by atoms with Gasteiger partial charge in [0.25, 0.3) is 0 Å². The fraction of sp³-hybridized carbons (Fsp3) is 0.500. The summed E-state index contributed by atoms with van der Waals surface area (Å²) in [7, 11) is 1.64. The van der Waals surface area contributed by atoms with Gasteiger partial charge in [-0.3, -0.25) is 0 Å². The highest BCUT2D eigenvalue weighted by Gasteiger charge is 1.98. The third kappa shape index (κ3) is 5.00. The van der Waals surface area contributed by atoms with Crippen molar-refractivity contribution in [2.24, 2.45) is 0 Å². The monoisotopic (exact) mass is 234 g/mol. The Kier molecular flexibility index (Phi) is 6.33. The van der Waals surface area contributed by atoms with Gasteiger partial charge in [-0.15, -0.1) is 0 Å². The van der Waals surface area contributed by atoms with Gasteiger partial charge in [-0.25, -0.2) is 4.98 Å². The lowest BCUT2D eigenvalue weighted by molar-refractivity contribution is 0.397. The zero-order chi connectivity index (χ0) is 12.5. The molecule has 0 aliphatic heterocycles. The normalized spacial score (nSPS) is 11.6. The van der Waals surface area contributed by atoms with Crippen molar-refractivity contribution in [2.75, 3.05) is 20.2 Å². The molecule has 1 heterocycles. The summed E-state index contributed by atoms with van der Waals surface area (Å²) in [4.78, 5) is 4.38. The molecule has 0 spiro atoms. The van der Waals surface area contributed by atoms with Crippen LogP contribution >= 0.6 is 0 Å². The molecule has 0 aliphatic rings. The average Bonchev–Trinajstić information content (AvgIpc) is 2.38. The fourth-order valence-corrected chi connectivity index (χ4v) is 1.54. The largest absolute Gasteiger partial charge is 0.481 e. The maximum Gasteiger partial charge on any atom is 0.213 e. The highest BCUT2D eigenvalue weighted by atomic mass is 16.5. The minimum absolute atomic E-state index is 0.663. The van der Waals surface area contributed by atoms with Crippen LogP contribution in [0.2, 0.25) is 0 Å². The van der Waals surface area contributed by atoms with Gasteiger partial charge in [0, 0.05) is 12.6 Å². The molecule has 1 N–H and O–H groups in total. The Balaban J connectivity index is 2.68. The van der Waals surface area contributed by atoms with E-state index in [4.69, 9.17) is 4.74 Å². The number of ether oxygens (including phenoxy) is 1. The van der Waals surface area contributed by atoms with E-state index in [1.807, 2.05) is 18.2 Å². The summed E-state index contributed by atoms with van der Waals surface area (Å²) in [6, 6.07) is 5.82. The quantitative estimate of drug-likeness (QED) is 0.737. The van der Waals surface area contributed by atoms with Crippen molar-refractivity contribution < 1.29 is 4.74 Å². The van der Waals surface area contributed by atoms with Crippen LogP contribution in [0, 0.1) is 0 Å². The second kappa shape index (κ2) is 7.85. The van der Waals surface area contributed by atoms with Crippen molar-refractivity contribution in [1.82, 2.24) is 10.3 Å². The van der Waals surface area contributed by atoms with Gasteiger partial charge in [0.2, 0.25) is 5.88 Å². The van der Waals surface area contributed by atoms with Crippen LogP contribution in [-0.2, 0) is 0 Å². The lowest BCUT2D eigenvalue weighted by atomic mass is 10.1. The average molecular weight is 234 g/mol. The Labute approximate surface area is 104 Å². The van der Waals surface area contributed by atoms with E-state index in [0.717, 1.165) is 31.6 Å². The van der Waals surface area contributed by atoms with E-state index in [-0.39, 0.29) is 0 Å². The Bertz CT molecular complexity index is 361. The molecule has 0 saturated carbocycles. The van der Waals surface area contributed by atoms with Crippen LogP contribution in [-0.4, -0.2) is 25.2 Å². The molecule has 94 valence electrons. The topological polar surface area (TPSA) is 34.1 Å². The predicted octanol–water partition coefficient (Wildman–Crippen LogP) is 2.88. The van der Waals surface area contributed by atoms with Crippen molar-refractivity contribution in [1.29, 1.82) is 0 Å². The van der Waals surface area contributed by atoms with Gasteiger partial charge in [-0.1, -0.05) is 25.5 Å². The molecule has 0 aliphatic carbocycles. The van der Waals surface area contributed by atoms with Crippen LogP contribution in [0.5, 0.6) is 5.88 Å². The molecule has 0 unspecified atom stereocenters. The van der Waals surface area contributed by atoms with Gasteiger partial charge < -0.3 is 10.1 Å². The van der Waals surface area contributed by atoms with Gasteiger partial charge in [0.15, 0.2) is 0 Å². The molecule has 3 heteroatoms. The Morgan fingerprint density at radius 3 is 2.88 bits per heavy atom. The number of rotatable bonds is 7. The number of nitrogens with zero attached hydrogens (tertiary/aromatic N) is 1. The smallest absolute Gasteiger partial charge is 0.213 e. The molecule has 1 rings (SSSR count). The maximum absolute atomic E-state index is 5.11. The summed E-state index contributed by atoms with van der Waals surface area (Å²) in [5.74, 6) is 0.663. The van der Waals surface area contributed by atoms with Crippen molar-refractivity contribution >= 4 is 6.08 Å². The van der Waals surface area contributed by atoms with E-state index in [1.165, 1.54) is 5.57 Å². The molecule has 0 aromatic carbocycles. The van der Waals surface area contributed by atoms with Crippen LogP contribution in [0.15, 0.2) is 23.8 Å². The first-order chi connectivity index (χ1) is 8.30. The zero-order valence-electron chi connectivity index (χ0n) is 11.0. The van der Waals surface area contributed by atoms with E-state index in [2.05, 4.69) is 30.2 Å². The predicted molar refractivity (Wildman–Crippen MR) is 72.2 cm³/mol. The first-order valence-electron chi connectivity index (χ1n) is 6.21. The van der Waals surface area contributed by atoms with Gasteiger partial charge in [-0.05, 0) is 31.5 Å². The van der Waals surface area contributed by atoms with Crippen molar-refractivity contribution in [3.8, 4) is 5.88 Å². The first kappa shape index (κ1) is 13.7. The highest BCUT2D eigenvalue weighted by Crippen LogP contribution is 2.11. The molecule has 1 aromatic rings. The molecular formula is C14H22N2O. The summed E-state index contributed by atoms with van der Waals surface area (Å²) >= 11 is 0. The third-order valence-electron chi connectivity index (χ3n) is 2.54. The third-order valence-corrected chi connectivity index (χ3v) is 2.54. The van der Waals surface area contributed by atoms with Gasteiger partial charge in [-0.2, -0.15) is 0 Å². The Morgan fingerprint density at radius 2 is 2.24 bits per heavy atom. The van der Waals surface area contributed by atoms with E-state index in [9.17, 15) is 0 Å². The lowest BCUT2D eigenvalue weighted by Crippen LogP contribution is -2.17. The molecule has 0 atom stereocenters. The van der Waals surface area contributed by atoms with Gasteiger partial charge in [0.05, 0.1) is 12.8 Å². The summed E-state index contributed by atoms with van der Waals surface area (Å²) < 4.78 is 5.11. The standard InChI is InChI=1S/C14H22N2O/c1-4-9-15-11-12(5-2)10-13-7-6-8-14(16-13)17-3/h6-8,10,15H,4-5,9,11H2,1-3H3/b12-10+. The van der Waals surface area contributed by atoms with Gasteiger partial charge >= 0.3 is 0 Å². The summed E-state index contributed by atoms with van der Waals surface area (Å²) in [6.45, 7) is 6.33. The fourth-order valence-electron chi connectivity index (χ4n) is 1.54. The minimum Gasteiger partial charge on any atom is -0.481 e. The number of hydrogen-bond donors (Lipinski definition) is 1. The Morgan fingerprint density at radius 1 is 1.41 bits per heavy atom. The maximum atomic E-state index is 5.11. The molecule has 17 heavy (non-hydrogen) atoms. The zero-order valence-corrected chi connectivity index (χ0v) is 11.0. The second-order valence-corrected chi connectivity index (χ2v) is 3.94. The van der Waals surface area contributed by atoms with Crippen molar-refractivity contribution in [2.45, 2.75) is 26.7 Å². The Hall–Kier alpha value is -1.35. The molecule has 0 saturated heterocycles. The van der Waals surface area contributed by atoms with E-state index >= 15 is 0 Å². The first-order valence-corrected chi connectivity index (χ1v) is 6.21. The number of hydrogen-bond acceptors (Lipinski definition) is 3. The number of methoxy groups -OCH3 is 1. The molecule has 1 aromatic heterocycles. The van der Waals surface area contributed by atoms with Crippen LogP contribution in [0.3, 0.4) is 0 Å². The molecule has 0 amide bonds. The number of aromatic nitrogens is 1. The van der Waals surface area contributed by atoms with Crippen LogP contribution < -0.4 is 10.1 Å². The van der Waals surface area contributed by atoms with Crippen LogP contribution in [0.4, 0.5) is 0 Å². The molecule has 3 nitrogen and oxygen atoms in total. The lowest BCUT2D eigenvalue weighted by Gasteiger charge is -2.06. The summed E-state index contributed by atoms with van der Waals surface area (Å²) in [5, 5.41) is 3.41. The molecule has 0 fully saturated rings. The highest BCUT2D eigenvalue weighted by molar-refractivity contribution is 5.49. The van der Waals surface area contributed by atoms with Crippen LogP contribution in [0.1, 0.15) is 32.4 Å². The summed E-state index contributed by atoms with van der Waals surface area (Å²) in [5.41, 5.74) is 2.32. The van der Waals surface area contributed by atoms with Crippen molar-refractivity contribution in [3.05, 3.63) is 29.5 Å². The number of pyridine rings is 1. The summed E-state index contributed by atoms with van der Waals surface area (Å²) in [6.07, 6.45) is 4.33.